The van der Waals surface area contributed by atoms with Gasteiger partial charge in [0.25, 0.3) is 0 Å². The molecule has 18 heavy (non-hydrogen) atoms. The Labute approximate surface area is 117 Å². The van der Waals surface area contributed by atoms with Gasteiger partial charge in [-0.1, -0.05) is 15.9 Å². The van der Waals surface area contributed by atoms with E-state index in [-0.39, 0.29) is 0 Å². The minimum atomic E-state index is 0.495. The van der Waals surface area contributed by atoms with E-state index in [1.54, 1.807) is 7.11 Å². The zero-order valence-electron chi connectivity index (χ0n) is 11.0. The first-order valence-electron chi connectivity index (χ1n) is 6.38. The number of hydrogen-bond donors (Lipinski definition) is 0. The van der Waals surface area contributed by atoms with Gasteiger partial charge in [0.15, 0.2) is 0 Å². The van der Waals surface area contributed by atoms with Crippen molar-refractivity contribution in [2.24, 2.45) is 5.92 Å². The highest BCUT2D eigenvalue weighted by Crippen LogP contribution is 2.36. The molecule has 1 fully saturated rings. The Hall–Kier alpha value is -0.680. The minimum absolute atomic E-state index is 0.495. The van der Waals surface area contributed by atoms with Crippen molar-refractivity contribution in [2.45, 2.75) is 31.1 Å². The average molecular weight is 314 g/mol. The van der Waals surface area contributed by atoms with Gasteiger partial charge in [-0.25, -0.2) is 9.97 Å². The van der Waals surface area contributed by atoms with Crippen molar-refractivity contribution in [3.05, 3.63) is 18.0 Å². The molecule has 0 saturated heterocycles. The van der Waals surface area contributed by atoms with Crippen LogP contribution in [0, 0.1) is 5.92 Å². The molecular formula is C13H20BrN3O. The van der Waals surface area contributed by atoms with Gasteiger partial charge in [-0.15, -0.1) is 0 Å². The van der Waals surface area contributed by atoms with E-state index >= 15 is 0 Å². The molecule has 1 unspecified atom stereocenters. The van der Waals surface area contributed by atoms with Crippen molar-refractivity contribution in [2.75, 3.05) is 25.2 Å². The van der Waals surface area contributed by atoms with Gasteiger partial charge >= 0.3 is 0 Å². The quantitative estimate of drug-likeness (QED) is 0.725. The van der Waals surface area contributed by atoms with Gasteiger partial charge in [-0.3, -0.25) is 0 Å². The standard InChI is InChI=1S/C13H20BrN3O/c1-10(12-3-4-12)17(5-6-18-2)13-15-8-11(7-14)9-16-13/h8-10,12H,3-7H2,1-2H3. The topological polar surface area (TPSA) is 38.2 Å². The third kappa shape index (κ3) is 3.42. The zero-order valence-corrected chi connectivity index (χ0v) is 12.6. The summed E-state index contributed by atoms with van der Waals surface area (Å²) in [5.74, 6) is 1.61. The van der Waals surface area contributed by atoms with Crippen molar-refractivity contribution in [3.63, 3.8) is 0 Å². The molecule has 1 atom stereocenters. The molecule has 2 rings (SSSR count). The molecule has 1 aliphatic carbocycles. The van der Waals surface area contributed by atoms with Crippen molar-refractivity contribution in [3.8, 4) is 0 Å². The summed E-state index contributed by atoms with van der Waals surface area (Å²) in [6.07, 6.45) is 6.42. The minimum Gasteiger partial charge on any atom is -0.383 e. The third-order valence-electron chi connectivity index (χ3n) is 3.44. The predicted molar refractivity (Wildman–Crippen MR) is 76.1 cm³/mol. The normalized spacial score (nSPS) is 16.6. The van der Waals surface area contributed by atoms with E-state index in [9.17, 15) is 0 Å². The molecule has 0 aliphatic heterocycles. The van der Waals surface area contributed by atoms with Gasteiger partial charge in [-0.2, -0.15) is 0 Å². The highest BCUT2D eigenvalue weighted by atomic mass is 79.9. The number of aromatic nitrogens is 2. The number of hydrogen-bond acceptors (Lipinski definition) is 4. The fourth-order valence-corrected chi connectivity index (χ4v) is 2.36. The summed E-state index contributed by atoms with van der Waals surface area (Å²) in [5.41, 5.74) is 1.10. The van der Waals surface area contributed by atoms with Crippen molar-refractivity contribution < 1.29 is 4.74 Å². The molecule has 100 valence electrons. The summed E-state index contributed by atoms with van der Waals surface area (Å²) in [5, 5.41) is 0.795. The van der Waals surface area contributed by atoms with Crippen LogP contribution in [0.4, 0.5) is 5.95 Å². The number of nitrogens with zero attached hydrogens (tertiary/aromatic N) is 3. The molecule has 1 aromatic heterocycles. The van der Waals surface area contributed by atoms with Gasteiger partial charge in [0.2, 0.25) is 5.95 Å². The molecule has 0 N–H and O–H groups in total. The molecular weight excluding hydrogens is 294 g/mol. The van der Waals surface area contributed by atoms with E-state index in [1.165, 1.54) is 12.8 Å². The number of halogens is 1. The molecule has 0 amide bonds. The Bertz CT molecular complexity index is 367. The van der Waals surface area contributed by atoms with Crippen molar-refractivity contribution >= 4 is 21.9 Å². The number of alkyl halides is 1. The first kappa shape index (κ1) is 13.7. The Balaban J connectivity index is 2.09. The molecule has 1 aliphatic rings. The van der Waals surface area contributed by atoms with Crippen LogP contribution in [-0.4, -0.2) is 36.3 Å². The summed E-state index contributed by atoms with van der Waals surface area (Å²) < 4.78 is 5.18. The first-order valence-corrected chi connectivity index (χ1v) is 7.51. The van der Waals surface area contributed by atoms with Crippen LogP contribution in [-0.2, 0) is 10.1 Å². The van der Waals surface area contributed by atoms with E-state index in [1.807, 2.05) is 12.4 Å². The lowest BCUT2D eigenvalue weighted by Gasteiger charge is -2.29. The second-order valence-corrected chi connectivity index (χ2v) is 5.35. The lowest BCUT2D eigenvalue weighted by atomic mass is 10.2. The van der Waals surface area contributed by atoms with Crippen LogP contribution in [0.5, 0.6) is 0 Å². The van der Waals surface area contributed by atoms with Gasteiger partial charge in [0, 0.05) is 37.4 Å². The maximum Gasteiger partial charge on any atom is 0.225 e. The summed E-state index contributed by atoms with van der Waals surface area (Å²) in [4.78, 5) is 11.2. The van der Waals surface area contributed by atoms with Crippen LogP contribution in [0.2, 0.25) is 0 Å². The predicted octanol–water partition coefficient (Wildman–Crippen LogP) is 2.62. The first-order chi connectivity index (χ1) is 8.76. The number of anilines is 1. The van der Waals surface area contributed by atoms with Gasteiger partial charge < -0.3 is 9.64 Å². The van der Waals surface area contributed by atoms with Crippen molar-refractivity contribution in [1.29, 1.82) is 0 Å². The van der Waals surface area contributed by atoms with Crippen LogP contribution in [0.15, 0.2) is 12.4 Å². The lowest BCUT2D eigenvalue weighted by Crippen LogP contribution is -2.38. The SMILES string of the molecule is COCCN(c1ncc(CBr)cn1)C(C)C1CC1. The second kappa shape index (κ2) is 6.48. The van der Waals surface area contributed by atoms with Crippen LogP contribution < -0.4 is 4.90 Å². The number of methoxy groups -OCH3 is 1. The summed E-state index contributed by atoms with van der Waals surface area (Å²) in [6, 6.07) is 0.495. The summed E-state index contributed by atoms with van der Waals surface area (Å²) in [7, 11) is 1.73. The van der Waals surface area contributed by atoms with Gasteiger partial charge in [0.1, 0.15) is 0 Å². The smallest absolute Gasteiger partial charge is 0.225 e. The third-order valence-corrected chi connectivity index (χ3v) is 4.08. The molecule has 1 aromatic rings. The van der Waals surface area contributed by atoms with E-state index in [4.69, 9.17) is 4.74 Å². The Morgan fingerprint density at radius 2 is 2.11 bits per heavy atom. The van der Waals surface area contributed by atoms with E-state index in [0.717, 1.165) is 29.3 Å². The largest absolute Gasteiger partial charge is 0.383 e. The Morgan fingerprint density at radius 1 is 1.44 bits per heavy atom. The molecule has 5 heteroatoms. The maximum atomic E-state index is 5.18. The molecule has 1 saturated carbocycles. The highest BCUT2D eigenvalue weighted by Gasteiger charge is 2.32. The Morgan fingerprint density at radius 3 is 2.61 bits per heavy atom. The number of rotatable bonds is 7. The highest BCUT2D eigenvalue weighted by molar-refractivity contribution is 9.08. The van der Waals surface area contributed by atoms with Gasteiger partial charge in [0.05, 0.1) is 6.61 Å². The van der Waals surface area contributed by atoms with E-state index < -0.39 is 0 Å². The number of ether oxygens (including phenoxy) is 1. The molecule has 4 nitrogen and oxygen atoms in total. The fourth-order valence-electron chi connectivity index (χ4n) is 2.07. The Kier molecular flexibility index (Phi) is 4.95. The second-order valence-electron chi connectivity index (χ2n) is 4.79. The van der Waals surface area contributed by atoms with E-state index in [2.05, 4.69) is 37.7 Å². The zero-order chi connectivity index (χ0) is 13.0. The molecule has 0 aromatic carbocycles. The van der Waals surface area contributed by atoms with Crippen molar-refractivity contribution in [1.82, 2.24) is 9.97 Å². The molecule has 1 heterocycles. The summed E-state index contributed by atoms with van der Waals surface area (Å²) >= 11 is 3.41. The van der Waals surface area contributed by atoms with Gasteiger partial charge in [-0.05, 0) is 31.2 Å². The maximum absolute atomic E-state index is 5.18. The monoisotopic (exact) mass is 313 g/mol. The molecule has 0 radical (unpaired) electrons. The molecule has 0 spiro atoms. The lowest BCUT2D eigenvalue weighted by molar-refractivity contribution is 0.202. The van der Waals surface area contributed by atoms with E-state index in [0.29, 0.717) is 12.6 Å². The van der Waals surface area contributed by atoms with Crippen LogP contribution in [0.25, 0.3) is 0 Å². The summed E-state index contributed by atoms with van der Waals surface area (Å²) in [6.45, 7) is 3.82. The van der Waals surface area contributed by atoms with Crippen LogP contribution >= 0.6 is 15.9 Å². The fraction of sp³-hybridized carbons (Fsp3) is 0.692. The van der Waals surface area contributed by atoms with Crippen LogP contribution in [0.1, 0.15) is 25.3 Å². The average Bonchev–Trinajstić information content (AvgIpc) is 3.24. The molecule has 0 bridgehead atoms. The van der Waals surface area contributed by atoms with Crippen LogP contribution in [0.3, 0.4) is 0 Å².